The Kier molecular flexibility index (Phi) is 5.27. The van der Waals surface area contributed by atoms with Gasteiger partial charge in [-0.15, -0.1) is 0 Å². The highest BCUT2D eigenvalue weighted by Crippen LogP contribution is 2.26. The zero-order chi connectivity index (χ0) is 15.4. The smallest absolute Gasteiger partial charge is 0.125 e. The van der Waals surface area contributed by atoms with E-state index in [1.807, 2.05) is 31.2 Å². The number of hydrogen-bond donors (Lipinski definition) is 1. The molecule has 0 saturated carbocycles. The van der Waals surface area contributed by atoms with E-state index in [0.29, 0.717) is 6.61 Å². The van der Waals surface area contributed by atoms with Gasteiger partial charge in [0.15, 0.2) is 0 Å². The van der Waals surface area contributed by atoms with E-state index in [0.717, 1.165) is 33.9 Å². The zero-order valence-corrected chi connectivity index (χ0v) is 13.6. The Balaban J connectivity index is 2.11. The van der Waals surface area contributed by atoms with Crippen LogP contribution in [0.5, 0.6) is 5.75 Å². The van der Waals surface area contributed by atoms with Crippen molar-refractivity contribution in [1.29, 1.82) is 0 Å². The molecule has 0 bridgehead atoms. The summed E-state index contributed by atoms with van der Waals surface area (Å²) in [5, 5.41) is 0.742. The van der Waals surface area contributed by atoms with Crippen molar-refractivity contribution in [3.8, 4) is 5.75 Å². The van der Waals surface area contributed by atoms with Crippen molar-refractivity contribution < 1.29 is 4.74 Å². The molecule has 21 heavy (non-hydrogen) atoms. The predicted octanol–water partition coefficient (Wildman–Crippen LogP) is 4.43. The maximum Gasteiger partial charge on any atom is 0.125 e. The van der Waals surface area contributed by atoms with Gasteiger partial charge in [0.05, 0.1) is 0 Å². The summed E-state index contributed by atoms with van der Waals surface area (Å²) in [5.41, 5.74) is 10.5. The van der Waals surface area contributed by atoms with Gasteiger partial charge < -0.3 is 10.5 Å². The summed E-state index contributed by atoms with van der Waals surface area (Å²) in [6.45, 7) is 6.73. The molecule has 2 aromatic carbocycles. The largest absolute Gasteiger partial charge is 0.488 e. The molecule has 1 unspecified atom stereocenters. The summed E-state index contributed by atoms with van der Waals surface area (Å²) in [4.78, 5) is 0. The molecule has 2 N–H and O–H groups in total. The summed E-state index contributed by atoms with van der Waals surface area (Å²) in [5.74, 6) is 0.957. The first kappa shape index (κ1) is 15.9. The monoisotopic (exact) mass is 303 g/mol. The maximum absolute atomic E-state index is 5.98. The predicted molar refractivity (Wildman–Crippen MR) is 89.1 cm³/mol. The lowest BCUT2D eigenvalue weighted by molar-refractivity contribution is 0.302. The average Bonchev–Trinajstić information content (AvgIpc) is 2.39. The average molecular weight is 304 g/mol. The highest BCUT2D eigenvalue weighted by Gasteiger charge is 2.08. The van der Waals surface area contributed by atoms with E-state index in [4.69, 9.17) is 22.1 Å². The van der Waals surface area contributed by atoms with Crippen molar-refractivity contribution in [3.05, 3.63) is 63.7 Å². The Morgan fingerprint density at radius 3 is 2.14 bits per heavy atom. The molecule has 1 atom stereocenters. The second-order valence-corrected chi connectivity index (χ2v) is 6.09. The molecule has 0 fully saturated rings. The topological polar surface area (TPSA) is 35.2 Å². The number of benzene rings is 2. The molecule has 112 valence electrons. The molecule has 2 rings (SSSR count). The van der Waals surface area contributed by atoms with Crippen LogP contribution in [0.2, 0.25) is 5.02 Å². The Labute approximate surface area is 131 Å². The number of ether oxygens (including phenoxy) is 1. The minimum absolute atomic E-state index is 0.171. The highest BCUT2D eigenvalue weighted by molar-refractivity contribution is 6.30. The Bertz CT molecular complexity index is 582. The summed E-state index contributed by atoms with van der Waals surface area (Å²) in [6.07, 6.45) is 0.888. The number of hydrogen-bond acceptors (Lipinski definition) is 2. The molecule has 0 aliphatic carbocycles. The van der Waals surface area contributed by atoms with Crippen molar-refractivity contribution in [2.24, 2.45) is 5.73 Å². The third kappa shape index (κ3) is 4.48. The van der Waals surface area contributed by atoms with Crippen LogP contribution in [-0.2, 0) is 13.0 Å². The van der Waals surface area contributed by atoms with Gasteiger partial charge in [0.1, 0.15) is 12.4 Å². The van der Waals surface area contributed by atoms with Crippen LogP contribution in [0.25, 0.3) is 0 Å². The fourth-order valence-corrected chi connectivity index (χ4v) is 2.62. The third-order valence-corrected chi connectivity index (χ3v) is 3.63. The summed E-state index contributed by atoms with van der Waals surface area (Å²) in [6, 6.07) is 12.2. The molecule has 2 nitrogen and oxygen atoms in total. The zero-order valence-electron chi connectivity index (χ0n) is 12.8. The molecule has 0 spiro atoms. The summed E-state index contributed by atoms with van der Waals surface area (Å²) in [7, 11) is 0. The summed E-state index contributed by atoms with van der Waals surface area (Å²) >= 11 is 5.89. The second kappa shape index (κ2) is 6.97. The van der Waals surface area contributed by atoms with Crippen LogP contribution in [0, 0.1) is 13.8 Å². The molecule has 0 aromatic heterocycles. The van der Waals surface area contributed by atoms with Gasteiger partial charge in [0.25, 0.3) is 0 Å². The molecule has 3 heteroatoms. The summed E-state index contributed by atoms with van der Waals surface area (Å²) < 4.78 is 5.98. The molecule has 0 radical (unpaired) electrons. The van der Waals surface area contributed by atoms with Crippen molar-refractivity contribution in [1.82, 2.24) is 0 Å². The van der Waals surface area contributed by atoms with E-state index in [9.17, 15) is 0 Å². The third-order valence-electron chi connectivity index (χ3n) is 3.37. The lowest BCUT2D eigenvalue weighted by Gasteiger charge is -2.15. The van der Waals surface area contributed by atoms with Gasteiger partial charge in [0.2, 0.25) is 0 Å². The van der Waals surface area contributed by atoms with Gasteiger partial charge in [-0.05, 0) is 61.6 Å². The Morgan fingerprint density at radius 2 is 1.62 bits per heavy atom. The van der Waals surface area contributed by atoms with Crippen molar-refractivity contribution in [3.63, 3.8) is 0 Å². The standard InChI is InChI=1S/C18H22ClNO/c1-12-8-16(10-14(3)20)9-13(2)18(12)21-11-15-4-6-17(19)7-5-15/h4-9,14H,10-11,20H2,1-3H3. The van der Waals surface area contributed by atoms with Gasteiger partial charge in [-0.25, -0.2) is 0 Å². The van der Waals surface area contributed by atoms with Crippen LogP contribution in [0.15, 0.2) is 36.4 Å². The second-order valence-electron chi connectivity index (χ2n) is 5.66. The van der Waals surface area contributed by atoms with Gasteiger partial charge in [-0.1, -0.05) is 35.9 Å². The molecular formula is C18H22ClNO. The first-order valence-electron chi connectivity index (χ1n) is 7.18. The first-order chi connectivity index (χ1) is 9.95. The molecule has 0 heterocycles. The number of aryl methyl sites for hydroxylation is 2. The SMILES string of the molecule is Cc1cc(CC(C)N)cc(C)c1OCc1ccc(Cl)cc1. The van der Waals surface area contributed by atoms with E-state index in [2.05, 4.69) is 26.0 Å². The van der Waals surface area contributed by atoms with E-state index in [-0.39, 0.29) is 6.04 Å². The van der Waals surface area contributed by atoms with E-state index in [1.54, 1.807) is 0 Å². The van der Waals surface area contributed by atoms with Gasteiger partial charge >= 0.3 is 0 Å². The fourth-order valence-electron chi connectivity index (χ4n) is 2.49. The van der Waals surface area contributed by atoms with Gasteiger partial charge in [0, 0.05) is 11.1 Å². The number of nitrogens with two attached hydrogens (primary N) is 1. The fraction of sp³-hybridized carbons (Fsp3) is 0.333. The molecule has 0 aliphatic heterocycles. The van der Waals surface area contributed by atoms with Crippen LogP contribution < -0.4 is 10.5 Å². The lowest BCUT2D eigenvalue weighted by Crippen LogP contribution is -2.18. The van der Waals surface area contributed by atoms with Crippen molar-refractivity contribution >= 4 is 11.6 Å². The molecular weight excluding hydrogens is 282 g/mol. The van der Waals surface area contributed by atoms with Crippen LogP contribution in [0.1, 0.15) is 29.2 Å². The minimum Gasteiger partial charge on any atom is -0.488 e. The van der Waals surface area contributed by atoms with E-state index < -0.39 is 0 Å². The van der Waals surface area contributed by atoms with Crippen LogP contribution in [0.4, 0.5) is 0 Å². The van der Waals surface area contributed by atoms with E-state index >= 15 is 0 Å². The Hall–Kier alpha value is -1.51. The van der Waals surface area contributed by atoms with Crippen LogP contribution in [-0.4, -0.2) is 6.04 Å². The lowest BCUT2D eigenvalue weighted by atomic mass is 10.0. The van der Waals surface area contributed by atoms with Crippen molar-refractivity contribution in [2.75, 3.05) is 0 Å². The van der Waals surface area contributed by atoms with Crippen molar-refractivity contribution in [2.45, 2.75) is 39.8 Å². The Morgan fingerprint density at radius 1 is 1.05 bits per heavy atom. The normalized spacial score (nSPS) is 12.2. The molecule has 2 aromatic rings. The van der Waals surface area contributed by atoms with Gasteiger partial charge in [-0.3, -0.25) is 0 Å². The molecule has 0 aliphatic rings. The minimum atomic E-state index is 0.171. The molecule has 0 amide bonds. The van der Waals surface area contributed by atoms with E-state index in [1.165, 1.54) is 5.56 Å². The van der Waals surface area contributed by atoms with Gasteiger partial charge in [-0.2, -0.15) is 0 Å². The van der Waals surface area contributed by atoms with Crippen LogP contribution >= 0.6 is 11.6 Å². The number of rotatable bonds is 5. The number of halogens is 1. The highest BCUT2D eigenvalue weighted by atomic mass is 35.5. The maximum atomic E-state index is 5.98. The quantitative estimate of drug-likeness (QED) is 0.887. The van der Waals surface area contributed by atoms with Crippen LogP contribution in [0.3, 0.4) is 0 Å². The first-order valence-corrected chi connectivity index (χ1v) is 7.56. The molecule has 0 saturated heterocycles.